The molecule has 0 aliphatic carbocycles. The number of rotatable bonds is 16. The quantitative estimate of drug-likeness (QED) is 0.126. The van der Waals surface area contributed by atoms with E-state index in [1.54, 1.807) is 20.8 Å². The first-order chi connectivity index (χ1) is 23.6. The van der Waals surface area contributed by atoms with Crippen molar-refractivity contribution in [2.24, 2.45) is 5.92 Å². The average molecular weight is 749 g/mol. The number of amides is 4. The highest BCUT2D eigenvalue weighted by molar-refractivity contribution is 6.30. The van der Waals surface area contributed by atoms with Crippen molar-refractivity contribution in [3.63, 3.8) is 0 Å². The highest BCUT2D eigenvalue weighted by Crippen LogP contribution is 2.30. The summed E-state index contributed by atoms with van der Waals surface area (Å²) in [7, 11) is 1.35. The van der Waals surface area contributed by atoms with E-state index in [0.717, 1.165) is 12.1 Å². The molecular weight excluding hydrogens is 707 g/mol. The Morgan fingerprint density at radius 2 is 1.47 bits per heavy atom. The van der Waals surface area contributed by atoms with Crippen LogP contribution < -0.4 is 26.0 Å². The fourth-order valence-corrected chi connectivity index (χ4v) is 4.79. The highest BCUT2D eigenvalue weighted by Gasteiger charge is 2.46. The monoisotopic (exact) mass is 748 g/mol. The van der Waals surface area contributed by atoms with Crippen LogP contribution in [0.15, 0.2) is 48.5 Å². The van der Waals surface area contributed by atoms with Gasteiger partial charge in [-0.05, 0) is 75.8 Å². The molecule has 0 radical (unpaired) electrons. The predicted octanol–water partition coefficient (Wildman–Crippen LogP) is 5.75. The van der Waals surface area contributed by atoms with Crippen molar-refractivity contribution < 1.29 is 55.4 Å². The molecule has 0 heterocycles. The summed E-state index contributed by atoms with van der Waals surface area (Å²) in [4.78, 5) is 64.3. The Kier molecular flexibility index (Phi) is 15.2. The summed E-state index contributed by atoms with van der Waals surface area (Å²) < 4.78 is 80.9. The van der Waals surface area contributed by atoms with Crippen molar-refractivity contribution in [3.05, 3.63) is 64.7 Å². The van der Waals surface area contributed by atoms with E-state index in [1.165, 1.54) is 57.4 Å². The van der Waals surface area contributed by atoms with E-state index in [1.807, 2.05) is 10.6 Å². The van der Waals surface area contributed by atoms with Gasteiger partial charge < -0.3 is 30.7 Å². The number of halogens is 6. The van der Waals surface area contributed by atoms with Crippen LogP contribution in [0.25, 0.3) is 0 Å². The lowest BCUT2D eigenvalue weighted by Crippen LogP contribution is -2.55. The van der Waals surface area contributed by atoms with Gasteiger partial charge >= 0.3 is 18.2 Å². The van der Waals surface area contributed by atoms with Crippen LogP contribution in [0.4, 0.5) is 26.7 Å². The fraction of sp³-hybridized carbons (Fsp3) is 0.500. The van der Waals surface area contributed by atoms with Crippen molar-refractivity contribution in [2.75, 3.05) is 13.7 Å². The Bertz CT molecular complexity index is 1530. The molecule has 2 aromatic rings. The van der Waals surface area contributed by atoms with Crippen LogP contribution in [0, 0.1) is 5.92 Å². The number of benzene rings is 2. The number of unbranched alkanes of at least 4 members (excludes halogenated alkanes) is 1. The molecule has 4 amide bonds. The summed E-state index contributed by atoms with van der Waals surface area (Å²) in [6.45, 7) is 7.59. The van der Waals surface area contributed by atoms with Crippen molar-refractivity contribution in [2.45, 2.75) is 89.7 Å². The van der Waals surface area contributed by atoms with E-state index < -0.39 is 76.9 Å². The van der Waals surface area contributed by atoms with Gasteiger partial charge in [-0.15, -0.1) is 0 Å². The Morgan fingerprint density at radius 3 is 2.00 bits per heavy atom. The summed E-state index contributed by atoms with van der Waals surface area (Å²) in [6, 6.07) is 4.28. The third-order valence-corrected chi connectivity index (χ3v) is 7.44. The van der Waals surface area contributed by atoms with Gasteiger partial charge in [-0.2, -0.15) is 22.0 Å². The van der Waals surface area contributed by atoms with Gasteiger partial charge in [0.25, 0.3) is 11.7 Å². The highest BCUT2D eigenvalue weighted by atomic mass is 35.5. The standard InChI is InChI=1S/C34H42ClF5N4O7/c1-19(2)25(27(45)34(38,39)40)43-29(47)26(20-13-15-23(50-6)16-14-20)44-28(46)24(12-7-8-17-41-31(49)51-32(3,4)5)42-30(48)33(36,37)21-10-9-11-22(35)18-21/h9-11,13-16,18-19,24-26H,7-8,12,17H2,1-6H3,(H,41,49)(H,42,48)(H,43,47)(H,44,46)/t24-,25-,26-/m0/s1. The smallest absolute Gasteiger partial charge is 0.452 e. The second kappa shape index (κ2) is 18.1. The summed E-state index contributed by atoms with van der Waals surface area (Å²) in [5.74, 6) is -11.3. The first-order valence-corrected chi connectivity index (χ1v) is 16.2. The number of methoxy groups -OCH3 is 1. The number of hydrogen-bond acceptors (Lipinski definition) is 7. The van der Waals surface area contributed by atoms with Gasteiger partial charge in [0.05, 0.1) is 13.2 Å². The normalized spacial score (nSPS) is 13.7. The van der Waals surface area contributed by atoms with Crippen molar-refractivity contribution in [1.82, 2.24) is 21.3 Å². The molecule has 0 aromatic heterocycles. The second-order valence-electron chi connectivity index (χ2n) is 12.8. The Balaban J connectivity index is 2.40. The van der Waals surface area contributed by atoms with Gasteiger partial charge in [0.1, 0.15) is 23.4 Å². The molecule has 4 N–H and O–H groups in total. The SMILES string of the molecule is COc1ccc([C@H](NC(=O)[C@H](CCCCNC(=O)OC(C)(C)C)NC(=O)C(F)(F)c2cccc(Cl)c2)C(=O)N[C@H](C(=O)C(F)(F)F)C(C)C)cc1. The Hall–Kier alpha value is -4.47. The molecule has 282 valence electrons. The number of Topliss-reactive ketones (excluding diaryl/α,β-unsaturated/α-hetero) is 1. The van der Waals surface area contributed by atoms with E-state index in [-0.39, 0.29) is 36.4 Å². The van der Waals surface area contributed by atoms with E-state index in [9.17, 15) is 37.1 Å². The number of alkyl halides is 5. The first kappa shape index (κ1) is 42.7. The third-order valence-electron chi connectivity index (χ3n) is 7.21. The van der Waals surface area contributed by atoms with Gasteiger partial charge in [-0.1, -0.05) is 49.7 Å². The minimum absolute atomic E-state index is 0.0273. The maximum Gasteiger partial charge on any atom is 0.452 e. The molecule has 2 aromatic carbocycles. The van der Waals surface area contributed by atoms with Crippen LogP contribution in [0.2, 0.25) is 5.02 Å². The largest absolute Gasteiger partial charge is 0.497 e. The zero-order chi connectivity index (χ0) is 38.7. The number of ketones is 1. The molecule has 0 saturated carbocycles. The minimum Gasteiger partial charge on any atom is -0.497 e. The maximum absolute atomic E-state index is 15.3. The first-order valence-electron chi connectivity index (χ1n) is 15.8. The summed E-state index contributed by atoms with van der Waals surface area (Å²) in [6.07, 6.45) is -6.02. The zero-order valence-electron chi connectivity index (χ0n) is 28.9. The van der Waals surface area contributed by atoms with Crippen LogP contribution in [-0.4, -0.2) is 67.1 Å². The summed E-state index contributed by atoms with van der Waals surface area (Å²) in [5.41, 5.74) is -1.51. The fourth-order valence-electron chi connectivity index (χ4n) is 4.60. The molecule has 11 nitrogen and oxygen atoms in total. The van der Waals surface area contributed by atoms with Crippen LogP contribution in [0.3, 0.4) is 0 Å². The number of alkyl carbamates (subject to hydrolysis) is 1. The van der Waals surface area contributed by atoms with Gasteiger partial charge in [0.15, 0.2) is 0 Å². The number of ether oxygens (including phenoxy) is 2. The van der Waals surface area contributed by atoms with E-state index >= 15 is 8.78 Å². The predicted molar refractivity (Wildman–Crippen MR) is 177 cm³/mol. The van der Waals surface area contributed by atoms with Gasteiger partial charge in [0.2, 0.25) is 11.8 Å². The van der Waals surface area contributed by atoms with Crippen LogP contribution in [0.5, 0.6) is 5.75 Å². The number of hydrogen-bond donors (Lipinski definition) is 4. The van der Waals surface area contributed by atoms with E-state index in [0.29, 0.717) is 5.75 Å². The topological polar surface area (TPSA) is 152 Å². The molecule has 0 aliphatic rings. The molecule has 0 fully saturated rings. The lowest BCUT2D eigenvalue weighted by Gasteiger charge is -2.28. The Morgan fingerprint density at radius 1 is 0.843 bits per heavy atom. The zero-order valence-corrected chi connectivity index (χ0v) is 29.6. The maximum atomic E-state index is 15.3. The molecule has 0 aliphatic heterocycles. The van der Waals surface area contributed by atoms with Crippen LogP contribution in [0.1, 0.15) is 71.0 Å². The Labute approximate surface area is 297 Å². The lowest BCUT2D eigenvalue weighted by atomic mass is 9.97. The second-order valence-corrected chi connectivity index (χ2v) is 13.3. The molecule has 0 saturated heterocycles. The van der Waals surface area contributed by atoms with Gasteiger partial charge in [-0.3, -0.25) is 19.2 Å². The molecule has 0 spiro atoms. The average Bonchev–Trinajstić information content (AvgIpc) is 3.03. The lowest BCUT2D eigenvalue weighted by molar-refractivity contribution is -0.175. The van der Waals surface area contributed by atoms with Crippen LogP contribution >= 0.6 is 11.6 Å². The summed E-state index contributed by atoms with van der Waals surface area (Å²) >= 11 is 5.83. The third kappa shape index (κ3) is 13.3. The molecule has 3 atom stereocenters. The van der Waals surface area contributed by atoms with E-state index in [4.69, 9.17) is 21.1 Å². The molecule has 0 bridgehead atoms. The summed E-state index contributed by atoms with van der Waals surface area (Å²) in [5, 5.41) is 8.81. The molecule has 51 heavy (non-hydrogen) atoms. The molecular formula is C34H42ClF5N4O7. The number of carbonyl (C=O) groups is 5. The van der Waals surface area contributed by atoms with E-state index in [2.05, 4.69) is 10.6 Å². The van der Waals surface area contributed by atoms with Crippen molar-refractivity contribution >= 4 is 41.2 Å². The van der Waals surface area contributed by atoms with Crippen LogP contribution in [-0.2, 0) is 29.8 Å². The molecule has 17 heteroatoms. The van der Waals surface area contributed by atoms with Crippen molar-refractivity contribution in [3.8, 4) is 5.75 Å². The molecule has 2 rings (SSSR count). The molecule has 0 unspecified atom stereocenters. The van der Waals surface area contributed by atoms with Gasteiger partial charge in [-0.25, -0.2) is 4.79 Å². The van der Waals surface area contributed by atoms with Crippen molar-refractivity contribution in [1.29, 1.82) is 0 Å². The number of carbonyl (C=O) groups excluding carboxylic acids is 5. The minimum atomic E-state index is -5.29. The van der Waals surface area contributed by atoms with Gasteiger partial charge in [0, 0.05) is 17.1 Å². The number of nitrogens with one attached hydrogen (secondary N) is 4.